The molecule has 2 aromatic carbocycles. The van der Waals surface area contributed by atoms with Crippen molar-refractivity contribution in [2.24, 2.45) is 0 Å². The van der Waals surface area contributed by atoms with Crippen molar-refractivity contribution in [2.45, 2.75) is 32.6 Å². The monoisotopic (exact) mass is 510 g/mol. The number of nitrogens with one attached hydrogen (secondary N) is 4. The molecule has 2 heterocycles. The number of hydrogen-bond donors (Lipinski definition) is 4. The van der Waals surface area contributed by atoms with Gasteiger partial charge in [0.1, 0.15) is 23.0 Å². The van der Waals surface area contributed by atoms with E-state index in [4.69, 9.17) is 0 Å². The summed E-state index contributed by atoms with van der Waals surface area (Å²) in [4.78, 5) is 23.9. The summed E-state index contributed by atoms with van der Waals surface area (Å²) in [5.41, 5.74) is 2.12. The number of carbonyl (C=O) groups excluding carboxylic acids is 2. The van der Waals surface area contributed by atoms with Gasteiger partial charge in [0.05, 0.1) is 25.5 Å². The fourth-order valence-corrected chi connectivity index (χ4v) is 3.21. The van der Waals surface area contributed by atoms with Crippen LogP contribution in [0.5, 0.6) is 0 Å². The minimum Gasteiger partial charge on any atom is -0.332 e. The molecule has 0 saturated carbocycles. The van der Waals surface area contributed by atoms with Crippen molar-refractivity contribution in [3.63, 3.8) is 0 Å². The number of aryl methyl sites for hydroxylation is 2. The summed E-state index contributed by atoms with van der Waals surface area (Å²) in [6.07, 6.45) is 4.16. The summed E-state index contributed by atoms with van der Waals surface area (Å²) in [7, 11) is 0. The van der Waals surface area contributed by atoms with Crippen molar-refractivity contribution in [3.8, 4) is 0 Å². The molecule has 0 unspecified atom stereocenters. The summed E-state index contributed by atoms with van der Waals surface area (Å²) < 4.78 is 29.2. The Morgan fingerprint density at radius 1 is 0.676 bits per heavy atom. The lowest BCUT2D eigenvalue weighted by molar-refractivity contribution is 0.251. The number of rotatable bonds is 10. The molecule has 0 radical (unpaired) electrons. The van der Waals surface area contributed by atoms with Gasteiger partial charge in [0.15, 0.2) is 0 Å². The van der Waals surface area contributed by atoms with Crippen LogP contribution in [0.25, 0.3) is 0 Å². The highest BCUT2D eigenvalue weighted by molar-refractivity contribution is 5.89. The zero-order valence-corrected chi connectivity index (χ0v) is 19.6. The summed E-state index contributed by atoms with van der Waals surface area (Å²) in [6, 6.07) is 10.0. The molecule has 12 nitrogen and oxygen atoms in total. The van der Waals surface area contributed by atoms with Crippen LogP contribution in [0.1, 0.15) is 17.8 Å². The largest absolute Gasteiger partial charge is 0.332 e. The Morgan fingerprint density at radius 2 is 1.08 bits per heavy atom. The van der Waals surface area contributed by atoms with Crippen LogP contribution in [0.3, 0.4) is 0 Å². The molecule has 0 aliphatic carbocycles. The third-order valence-electron chi connectivity index (χ3n) is 5.01. The third kappa shape index (κ3) is 8.09. The maximum atomic E-state index is 12.9. The molecule has 192 valence electrons. The molecule has 0 fully saturated rings. The molecule has 4 rings (SSSR count). The highest BCUT2D eigenvalue weighted by Gasteiger charge is 2.07. The molecule has 14 heteroatoms. The van der Waals surface area contributed by atoms with E-state index in [9.17, 15) is 18.4 Å². The van der Waals surface area contributed by atoms with E-state index in [1.165, 1.54) is 48.5 Å². The second kappa shape index (κ2) is 12.2. The molecular weight excluding hydrogens is 486 g/mol. The van der Waals surface area contributed by atoms with Gasteiger partial charge in [0.2, 0.25) is 0 Å². The zero-order valence-electron chi connectivity index (χ0n) is 19.6. The van der Waals surface area contributed by atoms with E-state index < -0.39 is 12.1 Å². The lowest BCUT2D eigenvalue weighted by Crippen LogP contribution is -2.28. The van der Waals surface area contributed by atoms with E-state index in [1.807, 2.05) is 0 Å². The van der Waals surface area contributed by atoms with Crippen molar-refractivity contribution < 1.29 is 18.4 Å². The van der Waals surface area contributed by atoms with E-state index in [-0.39, 0.29) is 24.7 Å². The first-order valence-electron chi connectivity index (χ1n) is 11.3. The molecule has 0 saturated heterocycles. The maximum absolute atomic E-state index is 12.9. The summed E-state index contributed by atoms with van der Waals surface area (Å²) in [6.45, 7) is 1.51. The topological polar surface area (TPSA) is 144 Å². The van der Waals surface area contributed by atoms with Crippen LogP contribution >= 0.6 is 0 Å². The van der Waals surface area contributed by atoms with E-state index in [1.54, 1.807) is 21.8 Å². The Bertz CT molecular complexity index is 1220. The lowest BCUT2D eigenvalue weighted by atomic mass is 10.3. The standard InChI is InChI=1S/C23H24F2N10O2/c24-16-2-6-18(7-3-16)28-22(36)26-12-20-14-34(32-30-20)10-1-11-35-15-21(31-33-35)13-27-23(37)29-19-8-4-17(25)5-9-19/h2-9,14-15H,1,10-13H2,(H2,26,28,36)(H2,27,29,37). The van der Waals surface area contributed by atoms with Gasteiger partial charge in [0, 0.05) is 24.5 Å². The number of hydrogen-bond acceptors (Lipinski definition) is 6. The van der Waals surface area contributed by atoms with Crippen LogP contribution in [-0.4, -0.2) is 42.0 Å². The van der Waals surface area contributed by atoms with Crippen molar-refractivity contribution in [1.29, 1.82) is 0 Å². The Hall–Kier alpha value is -4.88. The van der Waals surface area contributed by atoms with Crippen LogP contribution < -0.4 is 21.3 Å². The fourth-order valence-electron chi connectivity index (χ4n) is 3.21. The van der Waals surface area contributed by atoms with Gasteiger partial charge in [-0.2, -0.15) is 0 Å². The smallest absolute Gasteiger partial charge is 0.319 e. The van der Waals surface area contributed by atoms with Crippen LogP contribution in [0.4, 0.5) is 29.7 Å². The normalized spacial score (nSPS) is 10.6. The maximum Gasteiger partial charge on any atom is 0.319 e. The Labute approximate surface area is 210 Å². The Kier molecular flexibility index (Phi) is 8.31. The van der Waals surface area contributed by atoms with Crippen LogP contribution in [0.15, 0.2) is 60.9 Å². The van der Waals surface area contributed by atoms with Gasteiger partial charge in [-0.1, -0.05) is 10.4 Å². The van der Waals surface area contributed by atoms with E-state index in [0.29, 0.717) is 42.3 Å². The molecule has 4 aromatic rings. The van der Waals surface area contributed by atoms with Crippen molar-refractivity contribution in [1.82, 2.24) is 40.6 Å². The number of urea groups is 2. The molecule has 4 amide bonds. The van der Waals surface area contributed by atoms with E-state index >= 15 is 0 Å². The number of benzene rings is 2. The first-order chi connectivity index (χ1) is 17.9. The van der Waals surface area contributed by atoms with Gasteiger partial charge in [-0.05, 0) is 55.0 Å². The second-order valence-electron chi connectivity index (χ2n) is 7.93. The van der Waals surface area contributed by atoms with E-state index in [0.717, 1.165) is 0 Å². The number of aromatic nitrogens is 6. The highest BCUT2D eigenvalue weighted by Crippen LogP contribution is 2.09. The Morgan fingerprint density at radius 3 is 1.49 bits per heavy atom. The van der Waals surface area contributed by atoms with Crippen molar-refractivity contribution >= 4 is 23.4 Å². The van der Waals surface area contributed by atoms with Crippen molar-refractivity contribution in [3.05, 3.63) is 83.9 Å². The number of carbonyl (C=O) groups is 2. The van der Waals surface area contributed by atoms with Crippen LogP contribution in [0.2, 0.25) is 0 Å². The highest BCUT2D eigenvalue weighted by atomic mass is 19.1. The van der Waals surface area contributed by atoms with Gasteiger partial charge in [-0.25, -0.2) is 18.4 Å². The molecule has 0 aliphatic rings. The molecular formula is C23H24F2N10O2. The van der Waals surface area contributed by atoms with Gasteiger partial charge in [-0.3, -0.25) is 9.36 Å². The van der Waals surface area contributed by atoms with Crippen LogP contribution in [-0.2, 0) is 26.2 Å². The predicted octanol–water partition coefficient (Wildman–Crippen LogP) is 2.88. The quantitative estimate of drug-likeness (QED) is 0.258. The second-order valence-corrected chi connectivity index (χ2v) is 7.93. The molecule has 0 bridgehead atoms. The minimum atomic E-state index is -0.439. The fraction of sp³-hybridized carbons (Fsp3) is 0.217. The Balaban J connectivity index is 1.13. The van der Waals surface area contributed by atoms with Gasteiger partial charge < -0.3 is 21.3 Å². The SMILES string of the molecule is O=C(NCc1cn(CCCn2cc(CNC(=O)Nc3ccc(F)cc3)nn2)nn1)Nc1ccc(F)cc1. The first kappa shape index (κ1) is 25.2. The first-order valence-corrected chi connectivity index (χ1v) is 11.3. The third-order valence-corrected chi connectivity index (χ3v) is 5.01. The molecule has 37 heavy (non-hydrogen) atoms. The summed E-state index contributed by atoms with van der Waals surface area (Å²) in [5.74, 6) is -0.763. The van der Waals surface area contributed by atoms with Crippen LogP contribution in [0, 0.1) is 11.6 Å². The van der Waals surface area contributed by atoms with Gasteiger partial charge >= 0.3 is 12.1 Å². The van der Waals surface area contributed by atoms with Crippen molar-refractivity contribution in [2.75, 3.05) is 10.6 Å². The summed E-state index contributed by atoms with van der Waals surface area (Å²) in [5, 5.41) is 26.7. The number of amides is 4. The minimum absolute atomic E-state index is 0.182. The zero-order chi connectivity index (χ0) is 26.0. The average molecular weight is 511 g/mol. The number of nitrogens with zero attached hydrogens (tertiary/aromatic N) is 6. The summed E-state index contributed by atoms with van der Waals surface area (Å²) >= 11 is 0. The average Bonchev–Trinajstić information content (AvgIpc) is 3.54. The lowest BCUT2D eigenvalue weighted by Gasteiger charge is -2.06. The molecule has 0 spiro atoms. The molecule has 4 N–H and O–H groups in total. The number of anilines is 2. The number of halogens is 2. The predicted molar refractivity (Wildman–Crippen MR) is 129 cm³/mol. The van der Waals surface area contributed by atoms with E-state index in [2.05, 4.69) is 41.9 Å². The molecule has 0 aliphatic heterocycles. The molecule has 0 atom stereocenters. The van der Waals surface area contributed by atoms with Gasteiger partial charge in [0.25, 0.3) is 0 Å². The molecule has 2 aromatic heterocycles. The van der Waals surface area contributed by atoms with Gasteiger partial charge in [-0.15, -0.1) is 10.2 Å².